The Morgan fingerprint density at radius 2 is 2.07 bits per heavy atom. The summed E-state index contributed by atoms with van der Waals surface area (Å²) in [5.41, 5.74) is 0. The first-order valence-electron chi connectivity index (χ1n) is 3.95. The second-order valence-corrected chi connectivity index (χ2v) is 6.42. The van der Waals surface area contributed by atoms with Gasteiger partial charge in [-0.1, -0.05) is 0 Å². The van der Waals surface area contributed by atoms with Gasteiger partial charge in [0.2, 0.25) is 0 Å². The number of hydrogen-bond acceptors (Lipinski definition) is 2. The predicted octanol–water partition coefficient (Wildman–Crippen LogP) is 4.18. The lowest BCUT2D eigenvalue weighted by Crippen LogP contribution is -1.75. The highest BCUT2D eigenvalue weighted by molar-refractivity contribution is 14.1. The Labute approximate surface area is 113 Å². The van der Waals surface area contributed by atoms with Gasteiger partial charge < -0.3 is 0 Å². The van der Waals surface area contributed by atoms with Crippen molar-refractivity contribution in [3.05, 3.63) is 30.2 Å². The third-order valence-corrected chi connectivity index (χ3v) is 4.45. The van der Waals surface area contributed by atoms with Crippen molar-refractivity contribution in [1.29, 1.82) is 5.26 Å². The van der Waals surface area contributed by atoms with Gasteiger partial charge in [0.15, 0.2) is 0 Å². The van der Waals surface area contributed by atoms with E-state index in [9.17, 15) is 0 Å². The molecule has 0 N–H and O–H groups in total. The number of benzene rings is 1. The SMILES string of the molecule is N#CCc1cc2c(I)cc(I)cc2s1. The van der Waals surface area contributed by atoms with Crippen molar-refractivity contribution in [3.63, 3.8) is 0 Å². The van der Waals surface area contributed by atoms with Crippen LogP contribution in [0, 0.1) is 18.5 Å². The number of halogens is 2. The van der Waals surface area contributed by atoms with Crippen LogP contribution in [-0.4, -0.2) is 0 Å². The second kappa shape index (κ2) is 4.33. The van der Waals surface area contributed by atoms with Crippen LogP contribution in [0.5, 0.6) is 0 Å². The summed E-state index contributed by atoms with van der Waals surface area (Å²) in [4.78, 5) is 1.16. The number of hydrogen-bond donors (Lipinski definition) is 0. The lowest BCUT2D eigenvalue weighted by Gasteiger charge is -1.94. The van der Waals surface area contributed by atoms with Gasteiger partial charge in [-0.15, -0.1) is 11.3 Å². The molecule has 0 aliphatic heterocycles. The molecular weight excluding hydrogens is 420 g/mol. The third-order valence-electron chi connectivity index (χ3n) is 1.86. The monoisotopic (exact) mass is 425 g/mol. The molecule has 1 nitrogen and oxygen atoms in total. The molecule has 2 rings (SSSR count). The zero-order valence-corrected chi connectivity index (χ0v) is 12.2. The fraction of sp³-hybridized carbons (Fsp3) is 0.100. The Bertz CT molecular complexity index is 525. The van der Waals surface area contributed by atoms with Crippen LogP contribution in [0.3, 0.4) is 0 Å². The molecule has 0 spiro atoms. The van der Waals surface area contributed by atoms with Crippen LogP contribution >= 0.6 is 56.5 Å². The molecule has 0 bridgehead atoms. The lowest BCUT2D eigenvalue weighted by atomic mass is 10.2. The van der Waals surface area contributed by atoms with Crippen LogP contribution in [0.1, 0.15) is 4.88 Å². The van der Waals surface area contributed by atoms with Gasteiger partial charge in [-0.3, -0.25) is 0 Å². The van der Waals surface area contributed by atoms with Gasteiger partial charge in [-0.05, 0) is 63.4 Å². The molecule has 70 valence electrons. The van der Waals surface area contributed by atoms with Crippen molar-refractivity contribution in [3.8, 4) is 6.07 Å². The highest BCUT2D eigenvalue weighted by atomic mass is 127. The fourth-order valence-electron chi connectivity index (χ4n) is 1.28. The summed E-state index contributed by atoms with van der Waals surface area (Å²) in [5.74, 6) is 0. The fourth-order valence-corrected chi connectivity index (χ4v) is 4.74. The smallest absolute Gasteiger partial charge is 0.0696 e. The van der Waals surface area contributed by atoms with E-state index in [1.807, 2.05) is 0 Å². The Morgan fingerprint density at radius 1 is 1.29 bits per heavy atom. The van der Waals surface area contributed by atoms with E-state index in [4.69, 9.17) is 5.26 Å². The second-order valence-electron chi connectivity index (χ2n) is 2.85. The van der Waals surface area contributed by atoms with Crippen LogP contribution in [0.25, 0.3) is 10.1 Å². The molecular formula is C10H5I2NS. The molecule has 0 aliphatic rings. The van der Waals surface area contributed by atoms with Gasteiger partial charge in [0.25, 0.3) is 0 Å². The van der Waals surface area contributed by atoms with Crippen molar-refractivity contribution in [1.82, 2.24) is 0 Å². The largest absolute Gasteiger partial charge is 0.198 e. The molecule has 0 saturated heterocycles. The van der Waals surface area contributed by atoms with Crippen LogP contribution in [0.2, 0.25) is 0 Å². The Morgan fingerprint density at radius 3 is 2.79 bits per heavy atom. The molecule has 0 radical (unpaired) electrons. The van der Waals surface area contributed by atoms with Gasteiger partial charge >= 0.3 is 0 Å². The first-order chi connectivity index (χ1) is 6.70. The van der Waals surface area contributed by atoms with Crippen LogP contribution in [-0.2, 0) is 6.42 Å². The lowest BCUT2D eigenvalue weighted by molar-refractivity contribution is 1.32. The summed E-state index contributed by atoms with van der Waals surface area (Å²) in [6.07, 6.45) is 0.520. The summed E-state index contributed by atoms with van der Waals surface area (Å²) in [7, 11) is 0. The summed E-state index contributed by atoms with van der Waals surface area (Å²) in [6, 6.07) is 8.64. The molecule has 0 aliphatic carbocycles. The molecule has 4 heteroatoms. The topological polar surface area (TPSA) is 23.8 Å². The van der Waals surface area contributed by atoms with E-state index in [0.717, 1.165) is 4.88 Å². The quantitative estimate of drug-likeness (QED) is 0.630. The van der Waals surface area contributed by atoms with Gasteiger partial charge in [0, 0.05) is 22.1 Å². The number of fused-ring (bicyclic) bond motifs is 1. The van der Waals surface area contributed by atoms with E-state index in [1.165, 1.54) is 17.2 Å². The summed E-state index contributed by atoms with van der Waals surface area (Å²) >= 11 is 6.38. The predicted molar refractivity (Wildman–Crippen MR) is 76.6 cm³/mol. The van der Waals surface area contributed by atoms with Crippen LogP contribution in [0.4, 0.5) is 0 Å². The van der Waals surface area contributed by atoms with Gasteiger partial charge in [0.05, 0.1) is 12.5 Å². The van der Waals surface area contributed by atoms with Crippen molar-refractivity contribution >= 4 is 66.6 Å². The molecule has 1 aromatic heterocycles. The van der Waals surface area contributed by atoms with Crippen molar-refractivity contribution in [2.75, 3.05) is 0 Å². The average Bonchev–Trinajstić information content (AvgIpc) is 2.48. The van der Waals surface area contributed by atoms with E-state index >= 15 is 0 Å². The average molecular weight is 425 g/mol. The standard InChI is InChI=1S/C10H5I2NS/c11-6-3-9(12)8-5-7(1-2-13)14-10(8)4-6/h3-5H,1H2. The Hall–Kier alpha value is 0.130. The molecule has 2 aromatic rings. The van der Waals surface area contributed by atoms with Gasteiger partial charge in [-0.2, -0.15) is 5.26 Å². The maximum Gasteiger partial charge on any atom is 0.0696 e. The summed E-state index contributed by atoms with van der Waals surface area (Å²) < 4.78 is 3.81. The van der Waals surface area contributed by atoms with Crippen LogP contribution in [0.15, 0.2) is 18.2 Å². The maximum atomic E-state index is 8.62. The first kappa shape index (κ1) is 10.6. The summed E-state index contributed by atoms with van der Waals surface area (Å²) in [6.45, 7) is 0. The highest BCUT2D eigenvalue weighted by Gasteiger charge is 2.05. The number of thiophene rings is 1. The highest BCUT2D eigenvalue weighted by Crippen LogP contribution is 2.31. The van der Waals surface area contributed by atoms with Crippen molar-refractivity contribution in [2.24, 2.45) is 0 Å². The summed E-state index contributed by atoms with van der Waals surface area (Å²) in [5, 5.41) is 9.90. The molecule has 0 atom stereocenters. The Balaban J connectivity index is 2.66. The number of nitriles is 1. The molecule has 14 heavy (non-hydrogen) atoms. The molecule has 0 amide bonds. The van der Waals surface area contributed by atoms with E-state index in [0.29, 0.717) is 6.42 Å². The van der Waals surface area contributed by atoms with Crippen molar-refractivity contribution < 1.29 is 0 Å². The van der Waals surface area contributed by atoms with Crippen LogP contribution < -0.4 is 0 Å². The van der Waals surface area contributed by atoms with E-state index in [-0.39, 0.29) is 0 Å². The normalized spacial score (nSPS) is 10.4. The molecule has 0 saturated carbocycles. The minimum Gasteiger partial charge on any atom is -0.198 e. The molecule has 0 unspecified atom stereocenters. The molecule has 1 aromatic carbocycles. The first-order valence-corrected chi connectivity index (χ1v) is 6.92. The molecule has 1 heterocycles. The number of nitrogens with zero attached hydrogens (tertiary/aromatic N) is 1. The zero-order chi connectivity index (χ0) is 10.1. The Kier molecular flexibility index (Phi) is 3.29. The van der Waals surface area contributed by atoms with Gasteiger partial charge in [0.1, 0.15) is 0 Å². The van der Waals surface area contributed by atoms with Gasteiger partial charge in [-0.25, -0.2) is 0 Å². The van der Waals surface area contributed by atoms with E-state index in [2.05, 4.69) is 69.5 Å². The van der Waals surface area contributed by atoms with E-state index in [1.54, 1.807) is 11.3 Å². The minimum absolute atomic E-state index is 0.520. The zero-order valence-electron chi connectivity index (χ0n) is 7.05. The maximum absolute atomic E-state index is 8.62. The van der Waals surface area contributed by atoms with Crippen molar-refractivity contribution in [2.45, 2.75) is 6.42 Å². The molecule has 0 fully saturated rings. The van der Waals surface area contributed by atoms with E-state index < -0.39 is 0 Å². The number of rotatable bonds is 1. The minimum atomic E-state index is 0.520. The third kappa shape index (κ3) is 2.04.